The molecule has 2 aromatic carbocycles. The average molecular weight is 428 g/mol. The third kappa shape index (κ3) is 4.58. The Hall–Kier alpha value is -2.71. The van der Waals surface area contributed by atoms with Gasteiger partial charge in [-0.25, -0.2) is 9.97 Å². The van der Waals surface area contributed by atoms with Gasteiger partial charge in [0.1, 0.15) is 12.0 Å². The lowest BCUT2D eigenvalue weighted by atomic mass is 10.2. The molecule has 3 rings (SSSR count). The summed E-state index contributed by atoms with van der Waals surface area (Å²) in [6, 6.07) is 10.7. The average Bonchev–Trinajstić information content (AvgIpc) is 2.64. The largest absolute Gasteiger partial charge is 0.417 e. The molecule has 0 spiro atoms. The van der Waals surface area contributed by atoms with Crippen molar-refractivity contribution in [3.63, 3.8) is 0 Å². The fraction of sp³-hybridized carbons (Fsp3) is 0.111. The van der Waals surface area contributed by atoms with Gasteiger partial charge in [-0.15, -0.1) is 0 Å². The molecule has 28 heavy (non-hydrogen) atoms. The van der Waals surface area contributed by atoms with Gasteiger partial charge in [0, 0.05) is 17.3 Å². The van der Waals surface area contributed by atoms with Gasteiger partial charge in [-0.2, -0.15) is 13.2 Å². The van der Waals surface area contributed by atoms with Gasteiger partial charge in [0.25, 0.3) is 0 Å². The highest BCUT2D eigenvalue weighted by molar-refractivity contribution is 6.31. The van der Waals surface area contributed by atoms with Crippen molar-refractivity contribution in [3.05, 3.63) is 70.0 Å². The van der Waals surface area contributed by atoms with Crippen molar-refractivity contribution >= 4 is 46.2 Å². The van der Waals surface area contributed by atoms with Crippen molar-refractivity contribution in [2.75, 3.05) is 16.4 Å². The number of rotatable bonds is 5. The number of nitrogens with one attached hydrogen (secondary N) is 2. The fourth-order valence-electron chi connectivity index (χ4n) is 2.41. The van der Waals surface area contributed by atoms with Crippen LogP contribution in [0.3, 0.4) is 0 Å². The van der Waals surface area contributed by atoms with Crippen molar-refractivity contribution in [1.29, 1.82) is 0 Å². The number of halogens is 5. The molecule has 0 aliphatic carbocycles. The Labute approximate surface area is 168 Å². The summed E-state index contributed by atoms with van der Waals surface area (Å²) in [7, 11) is 0. The first-order valence-electron chi connectivity index (χ1n) is 7.97. The molecule has 1 aromatic heterocycles. The Bertz CT molecular complexity index is 995. The minimum absolute atomic E-state index is 0.138. The topological polar surface area (TPSA) is 75.9 Å². The number of hydrogen-bond donors (Lipinski definition) is 3. The summed E-state index contributed by atoms with van der Waals surface area (Å²) in [5.74, 6) is 0.481. The predicted octanol–water partition coefficient (Wildman–Crippen LogP) is 5.74. The van der Waals surface area contributed by atoms with Gasteiger partial charge in [0.05, 0.1) is 10.6 Å². The van der Waals surface area contributed by atoms with E-state index in [-0.39, 0.29) is 17.2 Å². The van der Waals surface area contributed by atoms with Crippen LogP contribution in [0.1, 0.15) is 11.1 Å². The van der Waals surface area contributed by atoms with Gasteiger partial charge in [-0.3, -0.25) is 0 Å². The molecule has 0 bridgehead atoms. The van der Waals surface area contributed by atoms with E-state index >= 15 is 0 Å². The van der Waals surface area contributed by atoms with Gasteiger partial charge in [0.2, 0.25) is 0 Å². The van der Waals surface area contributed by atoms with E-state index in [0.29, 0.717) is 17.4 Å². The molecule has 146 valence electrons. The summed E-state index contributed by atoms with van der Waals surface area (Å²) in [5.41, 5.74) is 6.23. The molecule has 0 aliphatic heterocycles. The number of aromatic nitrogens is 2. The number of benzene rings is 2. The Kier molecular flexibility index (Phi) is 5.81. The maximum absolute atomic E-state index is 13.0. The van der Waals surface area contributed by atoms with Gasteiger partial charge in [-0.05, 0) is 29.8 Å². The van der Waals surface area contributed by atoms with E-state index in [1.54, 1.807) is 6.07 Å². The molecule has 0 aliphatic rings. The van der Waals surface area contributed by atoms with Crippen LogP contribution < -0.4 is 16.4 Å². The van der Waals surface area contributed by atoms with E-state index in [1.165, 1.54) is 12.4 Å². The summed E-state index contributed by atoms with van der Waals surface area (Å²) in [6.07, 6.45) is -3.33. The lowest BCUT2D eigenvalue weighted by Gasteiger charge is -2.15. The molecule has 0 fully saturated rings. The van der Waals surface area contributed by atoms with Crippen LogP contribution in [0.5, 0.6) is 0 Å². The van der Waals surface area contributed by atoms with E-state index in [0.717, 1.165) is 17.7 Å². The molecule has 3 aromatic rings. The zero-order valence-electron chi connectivity index (χ0n) is 14.2. The highest BCUT2D eigenvalue weighted by atomic mass is 35.5. The highest BCUT2D eigenvalue weighted by Crippen LogP contribution is 2.37. The van der Waals surface area contributed by atoms with Crippen molar-refractivity contribution in [1.82, 2.24) is 9.97 Å². The van der Waals surface area contributed by atoms with Crippen LogP contribution >= 0.6 is 23.2 Å². The predicted molar refractivity (Wildman–Crippen MR) is 105 cm³/mol. The maximum atomic E-state index is 13.0. The lowest BCUT2D eigenvalue weighted by molar-refractivity contribution is -0.137. The molecular formula is C18H14Cl2F3N5. The summed E-state index contributed by atoms with van der Waals surface area (Å²) < 4.78 is 39.1. The van der Waals surface area contributed by atoms with E-state index in [1.807, 2.05) is 18.2 Å². The number of hydrogen-bond acceptors (Lipinski definition) is 5. The van der Waals surface area contributed by atoms with Gasteiger partial charge in [-0.1, -0.05) is 41.4 Å². The van der Waals surface area contributed by atoms with Crippen molar-refractivity contribution in [2.45, 2.75) is 12.7 Å². The van der Waals surface area contributed by atoms with E-state index in [2.05, 4.69) is 20.6 Å². The normalized spacial score (nSPS) is 11.3. The smallest absolute Gasteiger partial charge is 0.393 e. The van der Waals surface area contributed by atoms with Crippen molar-refractivity contribution in [3.8, 4) is 0 Å². The van der Waals surface area contributed by atoms with Crippen LogP contribution in [-0.4, -0.2) is 9.97 Å². The number of anilines is 4. The fourth-order valence-corrected chi connectivity index (χ4v) is 2.84. The van der Waals surface area contributed by atoms with Crippen LogP contribution in [0, 0.1) is 0 Å². The van der Waals surface area contributed by atoms with E-state index < -0.39 is 16.8 Å². The van der Waals surface area contributed by atoms with Gasteiger partial charge >= 0.3 is 6.18 Å². The van der Waals surface area contributed by atoms with Crippen LogP contribution in [0.25, 0.3) is 0 Å². The number of nitrogen functional groups attached to an aromatic ring is 1. The quantitative estimate of drug-likeness (QED) is 0.483. The molecule has 4 N–H and O–H groups in total. The van der Waals surface area contributed by atoms with Crippen LogP contribution in [0.2, 0.25) is 10.0 Å². The standard InChI is InChI=1S/C18H14Cl2F3N5/c19-13-4-2-1-3-10(13)8-25-16-15(24)17(27-9-26-16)28-11-5-6-14(20)12(7-11)18(21,22)23/h1-7,9H,8,24H2,(H2,25,26,27,28). The third-order valence-electron chi connectivity index (χ3n) is 3.82. The second-order valence-electron chi connectivity index (χ2n) is 5.75. The Morgan fingerprint density at radius 2 is 1.68 bits per heavy atom. The van der Waals surface area contributed by atoms with Crippen molar-refractivity contribution in [2.24, 2.45) is 0 Å². The Morgan fingerprint density at radius 1 is 0.964 bits per heavy atom. The first kappa shape index (κ1) is 20.0. The number of nitrogens with zero attached hydrogens (tertiary/aromatic N) is 2. The minimum atomic E-state index is -4.58. The monoisotopic (exact) mass is 427 g/mol. The summed E-state index contributed by atoms with van der Waals surface area (Å²) in [4.78, 5) is 8.06. The molecule has 0 radical (unpaired) electrons. The van der Waals surface area contributed by atoms with Crippen LogP contribution in [-0.2, 0) is 12.7 Å². The molecule has 0 atom stereocenters. The Balaban J connectivity index is 1.81. The molecule has 0 amide bonds. The zero-order valence-corrected chi connectivity index (χ0v) is 15.7. The second kappa shape index (κ2) is 8.12. The summed E-state index contributed by atoms with van der Waals surface area (Å²) in [5, 5.41) is 5.99. The van der Waals surface area contributed by atoms with Gasteiger partial charge < -0.3 is 16.4 Å². The van der Waals surface area contributed by atoms with Crippen LogP contribution in [0.15, 0.2) is 48.8 Å². The molecule has 0 saturated carbocycles. The van der Waals surface area contributed by atoms with Crippen molar-refractivity contribution < 1.29 is 13.2 Å². The minimum Gasteiger partial charge on any atom is -0.393 e. The molecular weight excluding hydrogens is 414 g/mol. The molecule has 5 nitrogen and oxygen atoms in total. The van der Waals surface area contributed by atoms with Gasteiger partial charge in [0.15, 0.2) is 11.6 Å². The van der Waals surface area contributed by atoms with Crippen LogP contribution in [0.4, 0.5) is 36.2 Å². The van der Waals surface area contributed by atoms with E-state index in [9.17, 15) is 13.2 Å². The number of alkyl halides is 3. The lowest BCUT2D eigenvalue weighted by Crippen LogP contribution is -2.09. The first-order chi connectivity index (χ1) is 13.3. The molecule has 10 heteroatoms. The summed E-state index contributed by atoms with van der Waals surface area (Å²) in [6.45, 7) is 0.361. The first-order valence-corrected chi connectivity index (χ1v) is 8.73. The zero-order chi connectivity index (χ0) is 20.3. The maximum Gasteiger partial charge on any atom is 0.417 e. The second-order valence-corrected chi connectivity index (χ2v) is 6.56. The van der Waals surface area contributed by atoms with E-state index in [4.69, 9.17) is 28.9 Å². The Morgan fingerprint density at radius 3 is 2.39 bits per heavy atom. The highest BCUT2D eigenvalue weighted by Gasteiger charge is 2.33. The third-order valence-corrected chi connectivity index (χ3v) is 4.52. The summed E-state index contributed by atoms with van der Waals surface area (Å²) >= 11 is 11.7. The SMILES string of the molecule is Nc1c(NCc2ccccc2Cl)ncnc1Nc1ccc(Cl)c(C(F)(F)F)c1. The molecule has 0 saturated heterocycles. The number of nitrogens with two attached hydrogens (primary N) is 1. The molecule has 0 unspecified atom stereocenters. The molecule has 1 heterocycles.